The molecule has 0 aliphatic carbocycles. The first-order chi connectivity index (χ1) is 13.0. The summed E-state index contributed by atoms with van der Waals surface area (Å²) in [6.07, 6.45) is 3.66. The summed E-state index contributed by atoms with van der Waals surface area (Å²) in [6.45, 7) is 1.48. The Hall–Kier alpha value is -3.41. The van der Waals surface area contributed by atoms with Crippen LogP contribution in [0.25, 0.3) is 6.08 Å². The van der Waals surface area contributed by atoms with Crippen molar-refractivity contribution in [2.45, 2.75) is 19.4 Å². The van der Waals surface area contributed by atoms with Crippen molar-refractivity contribution in [3.63, 3.8) is 0 Å². The molecule has 1 aliphatic rings. The molecule has 1 heterocycles. The SMILES string of the molecule is CNC(=O)c1ccccc1NC(=O)C[C@@H]1c2ccccc2C=CN1C(C)=O. The highest BCUT2D eigenvalue weighted by Gasteiger charge is 2.28. The topological polar surface area (TPSA) is 78.5 Å². The van der Waals surface area contributed by atoms with Gasteiger partial charge in [0, 0.05) is 20.2 Å². The number of carbonyl (C=O) groups is 3. The van der Waals surface area contributed by atoms with Gasteiger partial charge in [0.2, 0.25) is 11.8 Å². The fourth-order valence-corrected chi connectivity index (χ4v) is 3.21. The Morgan fingerprint density at radius 2 is 1.74 bits per heavy atom. The molecule has 3 rings (SSSR count). The standard InChI is InChI=1S/C21H21N3O3/c1-14(25)24-12-11-15-7-3-4-8-16(15)19(24)13-20(26)23-18-10-6-5-9-17(18)21(27)22-2/h3-12,19H,13H2,1-2H3,(H,22,27)(H,23,26)/t19-/m1/s1. The van der Waals surface area contributed by atoms with Crippen LogP contribution in [-0.4, -0.2) is 29.7 Å². The van der Waals surface area contributed by atoms with Gasteiger partial charge in [-0.15, -0.1) is 0 Å². The highest BCUT2D eigenvalue weighted by Crippen LogP contribution is 2.33. The van der Waals surface area contributed by atoms with Crippen LogP contribution in [0.2, 0.25) is 0 Å². The molecule has 0 radical (unpaired) electrons. The second-order valence-electron chi connectivity index (χ2n) is 6.26. The smallest absolute Gasteiger partial charge is 0.253 e. The molecule has 0 saturated heterocycles. The number of fused-ring (bicyclic) bond motifs is 1. The van der Waals surface area contributed by atoms with Crippen molar-refractivity contribution < 1.29 is 14.4 Å². The molecular formula is C21H21N3O3. The summed E-state index contributed by atoms with van der Waals surface area (Å²) in [6, 6.07) is 14.1. The van der Waals surface area contributed by atoms with Gasteiger partial charge in [0.25, 0.3) is 5.91 Å². The molecular weight excluding hydrogens is 342 g/mol. The van der Waals surface area contributed by atoms with Crippen LogP contribution in [-0.2, 0) is 9.59 Å². The van der Waals surface area contributed by atoms with E-state index in [2.05, 4.69) is 10.6 Å². The van der Waals surface area contributed by atoms with Crippen LogP contribution < -0.4 is 10.6 Å². The minimum atomic E-state index is -0.393. The summed E-state index contributed by atoms with van der Waals surface area (Å²) < 4.78 is 0. The quantitative estimate of drug-likeness (QED) is 0.877. The summed E-state index contributed by atoms with van der Waals surface area (Å²) >= 11 is 0. The molecule has 27 heavy (non-hydrogen) atoms. The van der Waals surface area contributed by atoms with E-state index in [1.54, 1.807) is 35.4 Å². The molecule has 1 atom stereocenters. The van der Waals surface area contributed by atoms with Gasteiger partial charge < -0.3 is 15.5 Å². The van der Waals surface area contributed by atoms with Crippen molar-refractivity contribution >= 4 is 29.5 Å². The van der Waals surface area contributed by atoms with Crippen LogP contribution in [0, 0.1) is 0 Å². The largest absolute Gasteiger partial charge is 0.355 e. The van der Waals surface area contributed by atoms with Gasteiger partial charge in [-0.3, -0.25) is 14.4 Å². The van der Waals surface area contributed by atoms with Crippen molar-refractivity contribution in [1.82, 2.24) is 10.2 Å². The average molecular weight is 363 g/mol. The fraction of sp³-hybridized carbons (Fsp3) is 0.190. The van der Waals surface area contributed by atoms with Crippen molar-refractivity contribution in [3.8, 4) is 0 Å². The van der Waals surface area contributed by atoms with E-state index >= 15 is 0 Å². The number of hydrogen-bond acceptors (Lipinski definition) is 3. The van der Waals surface area contributed by atoms with Crippen LogP contribution in [0.3, 0.4) is 0 Å². The summed E-state index contributed by atoms with van der Waals surface area (Å²) in [7, 11) is 1.54. The zero-order chi connectivity index (χ0) is 19.4. The molecule has 2 N–H and O–H groups in total. The first-order valence-electron chi connectivity index (χ1n) is 8.68. The lowest BCUT2D eigenvalue weighted by atomic mass is 9.93. The lowest BCUT2D eigenvalue weighted by molar-refractivity contribution is -0.129. The van der Waals surface area contributed by atoms with Gasteiger partial charge in [-0.1, -0.05) is 36.4 Å². The Bertz CT molecular complexity index is 920. The van der Waals surface area contributed by atoms with Gasteiger partial charge in [-0.2, -0.15) is 0 Å². The maximum Gasteiger partial charge on any atom is 0.253 e. The highest BCUT2D eigenvalue weighted by molar-refractivity contribution is 6.03. The van der Waals surface area contributed by atoms with Crippen molar-refractivity contribution in [2.75, 3.05) is 12.4 Å². The summed E-state index contributed by atoms with van der Waals surface area (Å²) in [5.41, 5.74) is 2.74. The molecule has 0 saturated carbocycles. The summed E-state index contributed by atoms with van der Waals surface area (Å²) in [5, 5.41) is 5.36. The van der Waals surface area contributed by atoms with E-state index in [0.717, 1.165) is 11.1 Å². The number of amides is 3. The molecule has 6 nitrogen and oxygen atoms in total. The Balaban J connectivity index is 1.84. The second-order valence-corrected chi connectivity index (χ2v) is 6.26. The second kappa shape index (κ2) is 7.86. The van der Waals surface area contributed by atoms with Crippen LogP contribution in [0.5, 0.6) is 0 Å². The lowest BCUT2D eigenvalue weighted by Crippen LogP contribution is -2.33. The molecule has 3 amide bonds. The van der Waals surface area contributed by atoms with E-state index in [-0.39, 0.29) is 24.1 Å². The third kappa shape index (κ3) is 3.89. The molecule has 1 aliphatic heterocycles. The van der Waals surface area contributed by atoms with E-state index in [4.69, 9.17) is 0 Å². The third-order valence-corrected chi connectivity index (χ3v) is 4.52. The molecule has 2 aromatic rings. The molecule has 138 valence electrons. The summed E-state index contributed by atoms with van der Waals surface area (Å²) in [5.74, 6) is -0.681. The third-order valence-electron chi connectivity index (χ3n) is 4.52. The number of nitrogens with zero attached hydrogens (tertiary/aromatic N) is 1. The van der Waals surface area contributed by atoms with E-state index in [0.29, 0.717) is 11.3 Å². The van der Waals surface area contributed by atoms with E-state index in [1.807, 2.05) is 30.3 Å². The zero-order valence-electron chi connectivity index (χ0n) is 15.2. The maximum absolute atomic E-state index is 12.7. The van der Waals surface area contributed by atoms with Gasteiger partial charge in [-0.25, -0.2) is 0 Å². The molecule has 6 heteroatoms. The van der Waals surface area contributed by atoms with E-state index < -0.39 is 6.04 Å². The van der Waals surface area contributed by atoms with Crippen molar-refractivity contribution in [1.29, 1.82) is 0 Å². The lowest BCUT2D eigenvalue weighted by Gasteiger charge is -2.32. The van der Waals surface area contributed by atoms with Crippen molar-refractivity contribution in [2.24, 2.45) is 0 Å². The molecule has 0 unspecified atom stereocenters. The van der Waals surface area contributed by atoms with Gasteiger partial charge in [-0.05, 0) is 29.3 Å². The number of rotatable bonds is 4. The molecule has 2 aromatic carbocycles. The van der Waals surface area contributed by atoms with E-state index in [1.165, 1.54) is 14.0 Å². The minimum Gasteiger partial charge on any atom is -0.355 e. The highest BCUT2D eigenvalue weighted by atomic mass is 16.2. The predicted octanol–water partition coefficient (Wildman–Crippen LogP) is 2.95. The fourth-order valence-electron chi connectivity index (χ4n) is 3.21. The Kier molecular flexibility index (Phi) is 5.35. The molecule has 0 bridgehead atoms. The number of benzene rings is 2. The van der Waals surface area contributed by atoms with Gasteiger partial charge in [0.1, 0.15) is 0 Å². The normalized spacial score (nSPS) is 15.0. The molecule has 0 fully saturated rings. The van der Waals surface area contributed by atoms with Crippen LogP contribution >= 0.6 is 0 Å². The van der Waals surface area contributed by atoms with Crippen molar-refractivity contribution in [3.05, 3.63) is 71.4 Å². The molecule has 0 spiro atoms. The van der Waals surface area contributed by atoms with Crippen LogP contribution in [0.4, 0.5) is 5.69 Å². The van der Waals surface area contributed by atoms with Crippen LogP contribution in [0.15, 0.2) is 54.7 Å². The maximum atomic E-state index is 12.7. The number of nitrogens with one attached hydrogen (secondary N) is 2. The number of anilines is 1. The number of carbonyl (C=O) groups excluding carboxylic acids is 3. The summed E-state index contributed by atoms with van der Waals surface area (Å²) in [4.78, 5) is 38.3. The van der Waals surface area contributed by atoms with Gasteiger partial charge in [0.15, 0.2) is 0 Å². The Morgan fingerprint density at radius 1 is 1.04 bits per heavy atom. The Labute approximate surface area is 157 Å². The minimum absolute atomic E-state index is 0.0863. The van der Waals surface area contributed by atoms with Gasteiger partial charge >= 0.3 is 0 Å². The van der Waals surface area contributed by atoms with Gasteiger partial charge in [0.05, 0.1) is 23.7 Å². The number of para-hydroxylation sites is 1. The van der Waals surface area contributed by atoms with E-state index in [9.17, 15) is 14.4 Å². The number of hydrogen-bond donors (Lipinski definition) is 2. The predicted molar refractivity (Wildman–Crippen MR) is 104 cm³/mol. The first-order valence-corrected chi connectivity index (χ1v) is 8.68. The monoisotopic (exact) mass is 363 g/mol. The van der Waals surface area contributed by atoms with Crippen LogP contribution in [0.1, 0.15) is 40.9 Å². The molecule has 0 aromatic heterocycles. The average Bonchev–Trinajstić information content (AvgIpc) is 2.67. The first kappa shape index (κ1) is 18.4. The zero-order valence-corrected chi connectivity index (χ0v) is 15.2. The Morgan fingerprint density at radius 3 is 2.48 bits per heavy atom.